The number of nitrogens with two attached hydrogens (primary N) is 1. The first-order valence-electron chi connectivity index (χ1n) is 7.76. The maximum absolute atomic E-state index is 6.46. The van der Waals surface area contributed by atoms with Crippen LogP contribution in [0.3, 0.4) is 0 Å². The molecule has 3 nitrogen and oxygen atoms in total. The molecule has 1 spiro atoms. The molecule has 110 valence electrons. The number of ether oxygens (including phenoxy) is 1. The van der Waals surface area contributed by atoms with Gasteiger partial charge in [0, 0.05) is 31.1 Å². The smallest absolute Gasteiger partial charge is 0.124 e. The third-order valence-corrected chi connectivity index (χ3v) is 4.92. The van der Waals surface area contributed by atoms with Gasteiger partial charge in [-0.05, 0) is 37.4 Å². The molecule has 0 aromatic heterocycles. The lowest BCUT2D eigenvalue weighted by Crippen LogP contribution is -2.50. The van der Waals surface area contributed by atoms with E-state index in [1.165, 1.54) is 11.1 Å². The van der Waals surface area contributed by atoms with Crippen molar-refractivity contribution in [1.29, 1.82) is 0 Å². The highest BCUT2D eigenvalue weighted by Gasteiger charge is 2.41. The molecule has 1 fully saturated rings. The largest absolute Gasteiger partial charge is 0.487 e. The molecule has 1 saturated heterocycles. The van der Waals surface area contributed by atoms with E-state index in [4.69, 9.17) is 10.5 Å². The van der Waals surface area contributed by atoms with Crippen LogP contribution in [0.2, 0.25) is 0 Å². The summed E-state index contributed by atoms with van der Waals surface area (Å²) in [5, 5.41) is 0. The van der Waals surface area contributed by atoms with Crippen molar-refractivity contribution in [2.45, 2.75) is 50.7 Å². The van der Waals surface area contributed by atoms with Crippen LogP contribution in [0.25, 0.3) is 0 Å². The Morgan fingerprint density at radius 1 is 1.30 bits per heavy atom. The number of likely N-dealkylation sites (tertiary alicyclic amines) is 1. The zero-order chi connectivity index (χ0) is 14.3. The minimum Gasteiger partial charge on any atom is -0.487 e. The molecule has 2 aliphatic heterocycles. The van der Waals surface area contributed by atoms with Crippen LogP contribution in [0.5, 0.6) is 5.75 Å². The normalized spacial score (nSPS) is 25.6. The first-order valence-corrected chi connectivity index (χ1v) is 7.76. The molecule has 3 rings (SSSR count). The molecule has 2 aliphatic rings. The fraction of sp³-hybridized carbons (Fsp3) is 0.647. The van der Waals surface area contributed by atoms with Gasteiger partial charge >= 0.3 is 0 Å². The molecular formula is C17H26N2O. The highest BCUT2D eigenvalue weighted by atomic mass is 16.5. The zero-order valence-corrected chi connectivity index (χ0v) is 12.9. The predicted octanol–water partition coefficient (Wildman–Crippen LogP) is 3.06. The average molecular weight is 274 g/mol. The average Bonchev–Trinajstić information content (AvgIpc) is 2.42. The van der Waals surface area contributed by atoms with Gasteiger partial charge in [0.25, 0.3) is 0 Å². The fourth-order valence-corrected chi connectivity index (χ4v) is 3.43. The van der Waals surface area contributed by atoms with Crippen LogP contribution in [0.15, 0.2) is 18.2 Å². The first kappa shape index (κ1) is 13.9. The summed E-state index contributed by atoms with van der Waals surface area (Å²) < 4.78 is 6.41. The Balaban J connectivity index is 1.88. The minimum atomic E-state index is -0.0295. The van der Waals surface area contributed by atoms with Crippen LogP contribution < -0.4 is 10.5 Å². The number of rotatable bonds is 1. The van der Waals surface area contributed by atoms with E-state index in [0.717, 1.165) is 38.1 Å². The number of hydrogen-bond donors (Lipinski definition) is 1. The maximum atomic E-state index is 6.46. The van der Waals surface area contributed by atoms with Crippen molar-refractivity contribution < 1.29 is 4.74 Å². The monoisotopic (exact) mass is 274 g/mol. The lowest BCUT2D eigenvalue weighted by Gasteiger charge is -2.45. The van der Waals surface area contributed by atoms with Crippen LogP contribution in [0, 0.1) is 0 Å². The molecule has 0 bridgehead atoms. The summed E-state index contributed by atoms with van der Waals surface area (Å²) >= 11 is 0. The number of nitrogens with zero attached hydrogens (tertiary/aromatic N) is 1. The lowest BCUT2D eigenvalue weighted by molar-refractivity contribution is -0.0164. The molecule has 1 aromatic rings. The number of hydrogen-bond acceptors (Lipinski definition) is 3. The topological polar surface area (TPSA) is 38.5 Å². The predicted molar refractivity (Wildman–Crippen MR) is 82.2 cm³/mol. The van der Waals surface area contributed by atoms with Crippen molar-refractivity contribution >= 4 is 0 Å². The van der Waals surface area contributed by atoms with Crippen LogP contribution in [-0.2, 0) is 0 Å². The van der Waals surface area contributed by atoms with Gasteiger partial charge in [-0.1, -0.05) is 26.0 Å². The van der Waals surface area contributed by atoms with Gasteiger partial charge in [-0.3, -0.25) is 0 Å². The Labute approximate surface area is 122 Å². The fourth-order valence-electron chi connectivity index (χ4n) is 3.43. The Bertz CT molecular complexity index is 490. The highest BCUT2D eigenvalue weighted by molar-refractivity contribution is 5.42. The molecule has 3 heteroatoms. The summed E-state index contributed by atoms with van der Waals surface area (Å²) in [5.41, 5.74) is 8.98. The quantitative estimate of drug-likeness (QED) is 0.855. The summed E-state index contributed by atoms with van der Waals surface area (Å²) in [6, 6.07) is 6.67. The Hall–Kier alpha value is -1.06. The van der Waals surface area contributed by atoms with Gasteiger partial charge < -0.3 is 15.4 Å². The molecular weight excluding hydrogens is 248 g/mol. The molecule has 0 saturated carbocycles. The lowest BCUT2D eigenvalue weighted by atomic mass is 9.80. The third-order valence-electron chi connectivity index (χ3n) is 4.92. The second-order valence-corrected chi connectivity index (χ2v) is 6.85. The summed E-state index contributed by atoms with van der Waals surface area (Å²) in [4.78, 5) is 2.37. The van der Waals surface area contributed by atoms with Gasteiger partial charge in [0.2, 0.25) is 0 Å². The van der Waals surface area contributed by atoms with E-state index in [-0.39, 0.29) is 11.6 Å². The molecule has 20 heavy (non-hydrogen) atoms. The Morgan fingerprint density at radius 3 is 2.65 bits per heavy atom. The molecule has 1 unspecified atom stereocenters. The number of benzene rings is 1. The summed E-state index contributed by atoms with van der Waals surface area (Å²) in [7, 11) is 2.18. The minimum absolute atomic E-state index is 0.0295. The second kappa shape index (κ2) is 5.05. The van der Waals surface area contributed by atoms with E-state index in [1.807, 2.05) is 0 Å². The number of fused-ring (bicyclic) bond motifs is 1. The van der Waals surface area contributed by atoms with Crippen molar-refractivity contribution in [2.24, 2.45) is 5.73 Å². The second-order valence-electron chi connectivity index (χ2n) is 6.85. The third kappa shape index (κ3) is 2.45. The highest BCUT2D eigenvalue weighted by Crippen LogP contribution is 2.43. The molecule has 2 heterocycles. The zero-order valence-electron chi connectivity index (χ0n) is 12.9. The summed E-state index contributed by atoms with van der Waals surface area (Å²) in [6.07, 6.45) is 3.13. The molecule has 1 atom stereocenters. The van der Waals surface area contributed by atoms with Crippen LogP contribution in [0.1, 0.15) is 56.2 Å². The van der Waals surface area contributed by atoms with Crippen molar-refractivity contribution in [3.63, 3.8) is 0 Å². The van der Waals surface area contributed by atoms with Gasteiger partial charge in [0.15, 0.2) is 0 Å². The van der Waals surface area contributed by atoms with Crippen molar-refractivity contribution in [3.05, 3.63) is 29.3 Å². The Kier molecular flexibility index (Phi) is 3.51. The van der Waals surface area contributed by atoms with Gasteiger partial charge in [0.1, 0.15) is 11.4 Å². The van der Waals surface area contributed by atoms with E-state index in [9.17, 15) is 0 Å². The standard InChI is InChI=1S/C17H26N2O/c1-12(2)13-4-5-16-14(10-13)15(18)11-17(20-16)6-8-19(3)9-7-17/h4-5,10,12,15H,6-9,11,18H2,1-3H3. The van der Waals surface area contributed by atoms with Gasteiger partial charge in [-0.15, -0.1) is 0 Å². The molecule has 0 aliphatic carbocycles. The SMILES string of the molecule is CC(C)c1ccc2c(c1)C(N)CC1(CCN(C)CC1)O2. The van der Waals surface area contributed by atoms with E-state index in [0.29, 0.717) is 5.92 Å². The van der Waals surface area contributed by atoms with Crippen LogP contribution in [-0.4, -0.2) is 30.6 Å². The number of piperidine rings is 1. The maximum Gasteiger partial charge on any atom is 0.124 e. The van der Waals surface area contributed by atoms with Crippen molar-refractivity contribution in [1.82, 2.24) is 4.90 Å². The van der Waals surface area contributed by atoms with Gasteiger partial charge in [-0.2, -0.15) is 0 Å². The Morgan fingerprint density at radius 2 is 2.00 bits per heavy atom. The van der Waals surface area contributed by atoms with Gasteiger partial charge in [-0.25, -0.2) is 0 Å². The van der Waals surface area contributed by atoms with E-state index in [1.54, 1.807) is 0 Å². The van der Waals surface area contributed by atoms with Crippen molar-refractivity contribution in [3.8, 4) is 5.75 Å². The van der Waals surface area contributed by atoms with E-state index in [2.05, 4.69) is 44.0 Å². The molecule has 1 aromatic carbocycles. The first-order chi connectivity index (χ1) is 9.49. The molecule has 0 radical (unpaired) electrons. The molecule has 0 amide bonds. The van der Waals surface area contributed by atoms with E-state index < -0.39 is 0 Å². The van der Waals surface area contributed by atoms with Gasteiger partial charge in [0.05, 0.1) is 0 Å². The van der Waals surface area contributed by atoms with E-state index >= 15 is 0 Å². The summed E-state index contributed by atoms with van der Waals surface area (Å²) in [5.74, 6) is 1.55. The van der Waals surface area contributed by atoms with Crippen LogP contribution >= 0.6 is 0 Å². The molecule has 2 N–H and O–H groups in total. The summed E-state index contributed by atoms with van der Waals surface area (Å²) in [6.45, 7) is 6.64. The van der Waals surface area contributed by atoms with Crippen LogP contribution in [0.4, 0.5) is 0 Å². The van der Waals surface area contributed by atoms with Crippen molar-refractivity contribution in [2.75, 3.05) is 20.1 Å².